The summed E-state index contributed by atoms with van der Waals surface area (Å²) in [5.74, 6) is 0.107. The van der Waals surface area contributed by atoms with Gasteiger partial charge in [0.05, 0.1) is 25.8 Å². The van der Waals surface area contributed by atoms with E-state index in [4.69, 9.17) is 4.74 Å². The van der Waals surface area contributed by atoms with Gasteiger partial charge in [-0.15, -0.1) is 0 Å². The summed E-state index contributed by atoms with van der Waals surface area (Å²) in [7, 11) is -1.95. The molecule has 0 aliphatic carbocycles. The van der Waals surface area contributed by atoms with E-state index < -0.39 is 10.0 Å². The van der Waals surface area contributed by atoms with Crippen molar-refractivity contribution in [3.05, 3.63) is 65.5 Å². The molecule has 0 N–H and O–H groups in total. The molecule has 2 aromatic carbocycles. The van der Waals surface area contributed by atoms with Gasteiger partial charge >= 0.3 is 0 Å². The molecule has 3 rings (SSSR count). The van der Waals surface area contributed by atoms with Crippen LogP contribution in [0.15, 0.2) is 48.5 Å². The Morgan fingerprint density at radius 2 is 1.59 bits per heavy atom. The molecule has 1 heterocycles. The maximum absolute atomic E-state index is 13.6. The second-order valence-corrected chi connectivity index (χ2v) is 12.0. The molecule has 0 bridgehead atoms. The Labute approximate surface area is 231 Å². The molecule has 0 unspecified atom stereocenters. The fourth-order valence-electron chi connectivity index (χ4n) is 4.86. The van der Waals surface area contributed by atoms with Crippen LogP contribution in [0.2, 0.25) is 0 Å². The maximum Gasteiger partial charge on any atom is 0.238 e. The molecule has 1 saturated heterocycles. The largest absolute Gasteiger partial charge is 0.497 e. The van der Waals surface area contributed by atoms with E-state index in [0.29, 0.717) is 38.8 Å². The van der Waals surface area contributed by atoms with Crippen LogP contribution in [-0.2, 0) is 32.6 Å². The minimum absolute atomic E-state index is 0.00701. The van der Waals surface area contributed by atoms with E-state index in [1.54, 1.807) is 31.1 Å². The summed E-state index contributed by atoms with van der Waals surface area (Å²) < 4.78 is 45.6. The average Bonchev–Trinajstić information content (AvgIpc) is 2.93. The molecule has 8 nitrogen and oxygen atoms in total. The number of sulfonamides is 1. The SMILES string of the molecule is CCCN(CC(=O)N(Cc1ccc(F)cc1)C1CCN(C(=O)Cc2ccc(OC)cc2)CC1)S(=O)(=O)CCC. The Balaban J connectivity index is 1.71. The molecule has 0 radical (unpaired) electrons. The third kappa shape index (κ3) is 8.76. The van der Waals surface area contributed by atoms with Crippen molar-refractivity contribution < 1.29 is 27.1 Å². The van der Waals surface area contributed by atoms with Crippen LogP contribution in [0.25, 0.3) is 0 Å². The Morgan fingerprint density at radius 1 is 0.974 bits per heavy atom. The summed E-state index contributed by atoms with van der Waals surface area (Å²) in [5.41, 5.74) is 1.67. The van der Waals surface area contributed by atoms with Gasteiger partial charge in [0.1, 0.15) is 11.6 Å². The number of nitrogens with zero attached hydrogens (tertiary/aromatic N) is 3. The van der Waals surface area contributed by atoms with E-state index in [2.05, 4.69) is 0 Å². The number of benzene rings is 2. The maximum atomic E-state index is 13.6. The zero-order chi connectivity index (χ0) is 28.4. The van der Waals surface area contributed by atoms with Crippen molar-refractivity contribution in [2.75, 3.05) is 39.0 Å². The Hall–Kier alpha value is -2.98. The standard InChI is InChI=1S/C29H40FN3O5S/c1-4-16-32(39(36,37)19-5-2)22-29(35)33(21-24-6-10-25(30)11-7-24)26-14-17-31(18-15-26)28(34)20-23-8-12-27(38-3)13-9-23/h6-13,26H,4-5,14-22H2,1-3H3. The molecular weight excluding hydrogens is 521 g/mol. The van der Waals surface area contributed by atoms with Gasteiger partial charge in [-0.05, 0) is 61.1 Å². The van der Waals surface area contributed by atoms with Gasteiger partial charge < -0.3 is 14.5 Å². The second-order valence-electron chi connectivity index (χ2n) is 9.93. The number of hydrogen-bond donors (Lipinski definition) is 0. The number of hydrogen-bond acceptors (Lipinski definition) is 5. The first-order valence-corrected chi connectivity index (χ1v) is 15.2. The lowest BCUT2D eigenvalue weighted by molar-refractivity contribution is -0.137. The van der Waals surface area contributed by atoms with Gasteiger partial charge in [0.15, 0.2) is 0 Å². The number of piperidine rings is 1. The number of rotatable bonds is 13. The first-order valence-electron chi connectivity index (χ1n) is 13.6. The van der Waals surface area contributed by atoms with Gasteiger partial charge in [0.25, 0.3) is 0 Å². The highest BCUT2D eigenvalue weighted by Gasteiger charge is 2.32. The lowest BCUT2D eigenvalue weighted by atomic mass is 10.0. The fourth-order valence-corrected chi connectivity index (χ4v) is 6.40. The molecule has 0 aromatic heterocycles. The van der Waals surface area contributed by atoms with Crippen molar-refractivity contribution in [3.63, 3.8) is 0 Å². The van der Waals surface area contributed by atoms with Gasteiger partial charge in [-0.25, -0.2) is 12.8 Å². The monoisotopic (exact) mass is 561 g/mol. The van der Waals surface area contributed by atoms with Crippen LogP contribution in [0, 0.1) is 5.82 Å². The van der Waals surface area contributed by atoms with Gasteiger partial charge in [-0.2, -0.15) is 4.31 Å². The fraction of sp³-hybridized carbons (Fsp3) is 0.517. The molecule has 0 atom stereocenters. The third-order valence-electron chi connectivity index (χ3n) is 7.00. The van der Waals surface area contributed by atoms with Crippen LogP contribution in [0.3, 0.4) is 0 Å². The van der Waals surface area contributed by atoms with E-state index in [9.17, 15) is 22.4 Å². The van der Waals surface area contributed by atoms with E-state index in [1.807, 2.05) is 36.1 Å². The van der Waals surface area contributed by atoms with Crippen molar-refractivity contribution in [1.29, 1.82) is 0 Å². The molecule has 1 aliphatic heterocycles. The highest BCUT2D eigenvalue weighted by molar-refractivity contribution is 7.89. The van der Waals surface area contributed by atoms with Crippen LogP contribution in [0.4, 0.5) is 4.39 Å². The predicted octanol–water partition coefficient (Wildman–Crippen LogP) is 3.85. The van der Waals surface area contributed by atoms with Crippen LogP contribution < -0.4 is 4.74 Å². The molecule has 2 aromatic rings. The molecule has 0 spiro atoms. The van der Waals surface area contributed by atoms with Gasteiger partial charge in [0.2, 0.25) is 21.8 Å². The quantitative estimate of drug-likeness (QED) is 0.371. The first kappa shape index (κ1) is 30.6. The minimum Gasteiger partial charge on any atom is -0.497 e. The molecule has 2 amide bonds. The summed E-state index contributed by atoms with van der Waals surface area (Å²) in [6.07, 6.45) is 2.52. The van der Waals surface area contributed by atoms with Crippen molar-refractivity contribution in [2.45, 2.75) is 58.5 Å². The van der Waals surface area contributed by atoms with Crippen molar-refractivity contribution >= 4 is 21.8 Å². The summed E-state index contributed by atoms with van der Waals surface area (Å²) >= 11 is 0. The number of carbonyl (C=O) groups excluding carboxylic acids is 2. The summed E-state index contributed by atoms with van der Waals surface area (Å²) in [6.45, 7) is 4.98. The van der Waals surface area contributed by atoms with E-state index in [1.165, 1.54) is 16.4 Å². The normalized spacial score (nSPS) is 14.4. The number of methoxy groups -OCH3 is 1. The number of carbonyl (C=O) groups is 2. The summed E-state index contributed by atoms with van der Waals surface area (Å²) in [5, 5.41) is 0. The number of halogens is 1. The Kier molecular flexibility index (Phi) is 11.3. The van der Waals surface area contributed by atoms with Crippen LogP contribution in [0.1, 0.15) is 50.7 Å². The first-order chi connectivity index (χ1) is 18.7. The van der Waals surface area contributed by atoms with E-state index in [0.717, 1.165) is 16.9 Å². The lowest BCUT2D eigenvalue weighted by Crippen LogP contribution is -2.51. The van der Waals surface area contributed by atoms with Gasteiger partial charge in [-0.3, -0.25) is 9.59 Å². The molecule has 0 saturated carbocycles. The second kappa shape index (κ2) is 14.4. The molecular formula is C29H40FN3O5S. The van der Waals surface area contributed by atoms with E-state index >= 15 is 0 Å². The molecule has 39 heavy (non-hydrogen) atoms. The highest BCUT2D eigenvalue weighted by atomic mass is 32.2. The van der Waals surface area contributed by atoms with Crippen molar-refractivity contribution in [2.24, 2.45) is 0 Å². The molecule has 1 aliphatic rings. The number of amides is 2. The van der Waals surface area contributed by atoms with Crippen LogP contribution >= 0.6 is 0 Å². The summed E-state index contributed by atoms with van der Waals surface area (Å²) in [4.78, 5) is 30.1. The van der Waals surface area contributed by atoms with Gasteiger partial charge in [-0.1, -0.05) is 38.1 Å². The van der Waals surface area contributed by atoms with Crippen LogP contribution in [-0.4, -0.2) is 79.4 Å². The van der Waals surface area contributed by atoms with Gasteiger partial charge in [0, 0.05) is 32.2 Å². The lowest BCUT2D eigenvalue weighted by Gasteiger charge is -2.39. The minimum atomic E-state index is -3.55. The molecule has 1 fully saturated rings. The molecule has 10 heteroatoms. The smallest absolute Gasteiger partial charge is 0.238 e. The Bertz CT molecular complexity index is 1180. The summed E-state index contributed by atoms with van der Waals surface area (Å²) in [6, 6.07) is 13.2. The molecule has 214 valence electrons. The average molecular weight is 562 g/mol. The van der Waals surface area contributed by atoms with E-state index in [-0.39, 0.29) is 55.5 Å². The van der Waals surface area contributed by atoms with Crippen molar-refractivity contribution in [3.8, 4) is 5.75 Å². The topological polar surface area (TPSA) is 87.2 Å². The van der Waals surface area contributed by atoms with Crippen LogP contribution in [0.5, 0.6) is 5.75 Å². The Morgan fingerprint density at radius 3 is 2.15 bits per heavy atom. The third-order valence-corrected chi connectivity index (χ3v) is 9.02. The predicted molar refractivity (Wildman–Crippen MR) is 149 cm³/mol. The zero-order valence-corrected chi connectivity index (χ0v) is 24.0. The zero-order valence-electron chi connectivity index (χ0n) is 23.1. The van der Waals surface area contributed by atoms with Crippen molar-refractivity contribution in [1.82, 2.24) is 14.1 Å². The number of likely N-dealkylation sites (tertiary alicyclic amines) is 1. The highest BCUT2D eigenvalue weighted by Crippen LogP contribution is 2.22. The number of ether oxygens (including phenoxy) is 1.